The fraction of sp³-hybridized carbons (Fsp3) is 0.632. The number of amides is 2. The average Bonchev–Trinajstić information content (AvgIpc) is 3.55. The molecule has 2 aromatic carbocycles. The number of aliphatic hydroxyl groups is 1. The van der Waals surface area contributed by atoms with Crippen LogP contribution in [0.25, 0.3) is 0 Å². The van der Waals surface area contributed by atoms with Crippen LogP contribution in [0.15, 0.2) is 36.4 Å². The van der Waals surface area contributed by atoms with Gasteiger partial charge in [0.2, 0.25) is 15.9 Å². The summed E-state index contributed by atoms with van der Waals surface area (Å²) in [5, 5.41) is 12.4. The van der Waals surface area contributed by atoms with Crippen LogP contribution >= 0.6 is 11.6 Å². The number of aryl methyl sites for hydroxylation is 1. The van der Waals surface area contributed by atoms with Crippen molar-refractivity contribution in [2.45, 2.75) is 101 Å². The number of hydrogen-bond donors (Lipinski definition) is 2. The molecule has 1 saturated heterocycles. The van der Waals surface area contributed by atoms with E-state index in [-0.39, 0.29) is 41.1 Å². The van der Waals surface area contributed by atoms with E-state index < -0.39 is 26.8 Å². The summed E-state index contributed by atoms with van der Waals surface area (Å²) in [6, 6.07) is 11.3. The molecule has 0 radical (unpaired) electrons. The summed E-state index contributed by atoms with van der Waals surface area (Å²) in [6.07, 6.45) is 8.29. The highest BCUT2D eigenvalue weighted by Crippen LogP contribution is 2.50. The summed E-state index contributed by atoms with van der Waals surface area (Å²) in [5.41, 5.74) is 1.96. The Morgan fingerprint density at radius 1 is 1.04 bits per heavy atom. The van der Waals surface area contributed by atoms with Crippen LogP contribution in [0.2, 0.25) is 5.02 Å². The number of hydrogen-bond acceptors (Lipinski definition) is 7. The molecule has 2 N–H and O–H groups in total. The standard InChI is InChI=1S/C38H50ClN3O6S/c1-25-7-5-16-38(45,21-35(43)41-17-3-4-18-41)32-12-9-29(32)22-42-23-37(15-6-8-27-19-30(39)11-13-31(27)37)24-48-34-14-10-28(20-33(34)42)36(44)40-49(46,47)26(25)2/h10-11,13-14,19-20,25-26,29,32,45H,3-9,12,15-18,21-24H2,1-2H3,(H,40,44)/t25-,26+,29-,32+,37-,38-/m0/s1. The molecule has 2 aromatic rings. The predicted molar refractivity (Wildman–Crippen MR) is 191 cm³/mol. The van der Waals surface area contributed by atoms with Gasteiger partial charge in [0.05, 0.1) is 29.6 Å². The monoisotopic (exact) mass is 711 g/mol. The van der Waals surface area contributed by atoms with Gasteiger partial charge < -0.3 is 19.6 Å². The molecule has 3 aliphatic heterocycles. The smallest absolute Gasteiger partial charge is 0.264 e. The Labute approximate surface area is 295 Å². The number of fused-ring (bicyclic) bond motifs is 4. The third-order valence-corrected chi connectivity index (χ3v) is 14.7. The van der Waals surface area contributed by atoms with Gasteiger partial charge in [-0.25, -0.2) is 13.1 Å². The van der Waals surface area contributed by atoms with Crippen LogP contribution in [0.4, 0.5) is 5.69 Å². The van der Waals surface area contributed by atoms with Crippen LogP contribution in [-0.2, 0) is 26.7 Å². The fourth-order valence-electron chi connectivity index (χ4n) is 9.33. The number of sulfonamides is 1. The number of halogens is 1. The number of rotatable bonds is 2. The predicted octanol–water partition coefficient (Wildman–Crippen LogP) is 5.85. The molecular formula is C38H50ClN3O6S. The molecule has 11 heteroatoms. The lowest BCUT2D eigenvalue weighted by atomic mass is 9.61. The minimum atomic E-state index is -3.98. The van der Waals surface area contributed by atoms with Gasteiger partial charge in [0, 0.05) is 42.2 Å². The van der Waals surface area contributed by atoms with Crippen LogP contribution in [0.1, 0.15) is 99.5 Å². The van der Waals surface area contributed by atoms with Gasteiger partial charge in [0.25, 0.3) is 5.91 Å². The van der Waals surface area contributed by atoms with Crippen LogP contribution in [-0.4, -0.2) is 73.9 Å². The Morgan fingerprint density at radius 2 is 1.84 bits per heavy atom. The number of likely N-dealkylation sites (tertiary alicyclic amines) is 1. The van der Waals surface area contributed by atoms with Crippen LogP contribution in [0.5, 0.6) is 5.75 Å². The molecule has 2 amide bonds. The third-order valence-electron chi connectivity index (χ3n) is 12.6. The normalized spacial score (nSPS) is 33.0. The number of nitrogens with one attached hydrogen (secondary N) is 1. The second-order valence-electron chi connectivity index (χ2n) is 15.7. The summed E-state index contributed by atoms with van der Waals surface area (Å²) in [6.45, 7) is 6.72. The zero-order valence-corrected chi connectivity index (χ0v) is 30.3. The van der Waals surface area contributed by atoms with E-state index in [0.29, 0.717) is 49.7 Å². The molecule has 7 rings (SSSR count). The van der Waals surface area contributed by atoms with Gasteiger partial charge in [-0.2, -0.15) is 0 Å². The van der Waals surface area contributed by atoms with Gasteiger partial charge in [0.1, 0.15) is 5.75 Å². The summed E-state index contributed by atoms with van der Waals surface area (Å²) in [4.78, 5) is 31.3. The first kappa shape index (κ1) is 34.6. The maximum atomic E-state index is 13.6. The quantitative estimate of drug-likeness (QED) is 0.402. The van der Waals surface area contributed by atoms with E-state index in [4.69, 9.17) is 16.3 Å². The van der Waals surface area contributed by atoms with Crippen LogP contribution in [0.3, 0.4) is 0 Å². The number of ether oxygens (including phenoxy) is 1. The van der Waals surface area contributed by atoms with Crippen molar-refractivity contribution in [2.75, 3.05) is 37.7 Å². The lowest BCUT2D eigenvalue weighted by Gasteiger charge is -2.50. The Balaban J connectivity index is 1.29. The molecule has 1 spiro atoms. The molecule has 49 heavy (non-hydrogen) atoms. The summed E-state index contributed by atoms with van der Waals surface area (Å²) in [5.74, 6) is -0.181. The Kier molecular flexibility index (Phi) is 9.45. The molecule has 3 heterocycles. The Morgan fingerprint density at radius 3 is 2.59 bits per heavy atom. The minimum Gasteiger partial charge on any atom is -0.490 e. The molecule has 2 bridgehead atoms. The third kappa shape index (κ3) is 6.69. The Hall–Kier alpha value is -2.82. The van der Waals surface area contributed by atoms with Gasteiger partial charge in [-0.15, -0.1) is 0 Å². The van der Waals surface area contributed by atoms with E-state index in [1.807, 2.05) is 17.9 Å². The maximum absolute atomic E-state index is 13.6. The first-order chi connectivity index (χ1) is 23.4. The highest BCUT2D eigenvalue weighted by Gasteiger charge is 2.50. The first-order valence-corrected chi connectivity index (χ1v) is 20.2. The molecule has 9 nitrogen and oxygen atoms in total. The summed E-state index contributed by atoms with van der Waals surface area (Å²) < 4.78 is 35.9. The first-order valence-electron chi connectivity index (χ1n) is 18.2. The van der Waals surface area contributed by atoms with Gasteiger partial charge in [-0.05, 0) is 124 Å². The van der Waals surface area contributed by atoms with Crippen LogP contribution < -0.4 is 14.4 Å². The number of carbonyl (C=O) groups is 2. The number of benzene rings is 2. The van der Waals surface area contributed by atoms with Crippen molar-refractivity contribution in [1.29, 1.82) is 0 Å². The molecule has 266 valence electrons. The number of nitrogens with zero attached hydrogens (tertiary/aromatic N) is 2. The van der Waals surface area contributed by atoms with Crippen molar-refractivity contribution in [2.24, 2.45) is 17.8 Å². The van der Waals surface area contributed by atoms with Crippen molar-refractivity contribution in [3.63, 3.8) is 0 Å². The topological polar surface area (TPSA) is 116 Å². The van der Waals surface area contributed by atoms with Gasteiger partial charge >= 0.3 is 0 Å². The molecular weight excluding hydrogens is 662 g/mol. The van der Waals surface area contributed by atoms with E-state index in [9.17, 15) is 23.1 Å². The zero-order chi connectivity index (χ0) is 34.6. The SMILES string of the molecule is C[C@@H]1[C@@H](C)CCC[C@](O)(CC(=O)N2CCCC2)[C@@H]2CC[C@H]2CN2C[C@@]3(CCCc4cc(Cl)ccc43)COc3ccc(cc32)C(=O)NS1(=O)=O. The van der Waals surface area contributed by atoms with E-state index in [1.54, 1.807) is 25.1 Å². The van der Waals surface area contributed by atoms with Crippen LogP contribution in [0, 0.1) is 17.8 Å². The van der Waals surface area contributed by atoms with Gasteiger partial charge in [0.15, 0.2) is 0 Å². The molecule has 2 fully saturated rings. The molecule has 6 atom stereocenters. The lowest BCUT2D eigenvalue weighted by molar-refractivity contribution is -0.145. The zero-order valence-electron chi connectivity index (χ0n) is 28.8. The largest absolute Gasteiger partial charge is 0.490 e. The van der Waals surface area contributed by atoms with Gasteiger partial charge in [-0.1, -0.05) is 31.0 Å². The highest BCUT2D eigenvalue weighted by molar-refractivity contribution is 7.90. The van der Waals surface area contributed by atoms with E-state index >= 15 is 0 Å². The second-order valence-corrected chi connectivity index (χ2v) is 18.1. The lowest BCUT2D eigenvalue weighted by Crippen LogP contribution is -2.54. The van der Waals surface area contributed by atoms with E-state index in [0.717, 1.165) is 63.7 Å². The minimum absolute atomic E-state index is 0.0151. The van der Waals surface area contributed by atoms with Crippen molar-refractivity contribution in [3.05, 3.63) is 58.1 Å². The fourth-order valence-corrected chi connectivity index (χ4v) is 10.8. The van der Waals surface area contributed by atoms with Crippen molar-refractivity contribution in [1.82, 2.24) is 9.62 Å². The molecule has 0 unspecified atom stereocenters. The molecule has 5 aliphatic rings. The van der Waals surface area contributed by atoms with Gasteiger partial charge in [-0.3, -0.25) is 9.59 Å². The summed E-state index contributed by atoms with van der Waals surface area (Å²) in [7, 11) is -3.98. The molecule has 0 aromatic heterocycles. The molecule has 2 aliphatic carbocycles. The van der Waals surface area contributed by atoms with E-state index in [2.05, 4.69) is 21.8 Å². The number of carbonyl (C=O) groups excluding carboxylic acids is 2. The Bertz CT molecular complexity index is 1710. The summed E-state index contributed by atoms with van der Waals surface area (Å²) >= 11 is 6.45. The average molecular weight is 712 g/mol. The van der Waals surface area contributed by atoms with Crippen molar-refractivity contribution < 1.29 is 27.9 Å². The van der Waals surface area contributed by atoms with E-state index in [1.165, 1.54) is 11.1 Å². The highest BCUT2D eigenvalue weighted by atomic mass is 35.5. The molecule has 1 saturated carbocycles. The maximum Gasteiger partial charge on any atom is 0.264 e. The second kappa shape index (κ2) is 13.4. The number of anilines is 1. The van der Waals surface area contributed by atoms with Crippen molar-refractivity contribution in [3.8, 4) is 5.75 Å². The van der Waals surface area contributed by atoms with Crippen molar-refractivity contribution >= 4 is 39.1 Å².